The van der Waals surface area contributed by atoms with Crippen molar-refractivity contribution in [2.75, 3.05) is 6.54 Å². The van der Waals surface area contributed by atoms with Gasteiger partial charge in [-0.2, -0.15) is 0 Å². The number of rotatable bonds is 6. The number of hydrogen-bond donors (Lipinski definition) is 0. The summed E-state index contributed by atoms with van der Waals surface area (Å²) in [6, 6.07) is 22.5. The minimum atomic E-state index is -0.268. The minimum Gasteiger partial charge on any atom is -0.337 e. The molecule has 166 valence electrons. The van der Waals surface area contributed by atoms with Gasteiger partial charge in [-0.1, -0.05) is 66.4 Å². The van der Waals surface area contributed by atoms with Crippen LogP contribution in [0.3, 0.4) is 0 Å². The number of pyridine rings is 1. The van der Waals surface area contributed by atoms with Crippen molar-refractivity contribution < 1.29 is 4.79 Å². The van der Waals surface area contributed by atoms with E-state index in [0.29, 0.717) is 13.1 Å². The average molecular weight is 456 g/mol. The second-order valence-electron chi connectivity index (χ2n) is 8.16. The van der Waals surface area contributed by atoms with Gasteiger partial charge in [0.25, 0.3) is 0 Å². The van der Waals surface area contributed by atoms with E-state index in [-0.39, 0.29) is 11.2 Å². The van der Waals surface area contributed by atoms with Crippen LogP contribution in [0.4, 0.5) is 0 Å². The third-order valence-electron chi connectivity index (χ3n) is 5.89. The van der Waals surface area contributed by atoms with Crippen molar-refractivity contribution in [3.8, 4) is 11.4 Å². The quantitative estimate of drug-likeness (QED) is 0.402. The van der Waals surface area contributed by atoms with E-state index in [9.17, 15) is 4.79 Å². The van der Waals surface area contributed by atoms with E-state index in [1.165, 1.54) is 22.9 Å². The monoisotopic (exact) mass is 455 g/mol. The van der Waals surface area contributed by atoms with Crippen LogP contribution in [0.25, 0.3) is 11.4 Å². The van der Waals surface area contributed by atoms with Crippen molar-refractivity contribution in [2.45, 2.75) is 36.8 Å². The lowest BCUT2D eigenvalue weighted by atomic mass is 10.00. The number of amides is 1. The molecule has 0 bridgehead atoms. The Kier molecular flexibility index (Phi) is 6.21. The fourth-order valence-electron chi connectivity index (χ4n) is 4.14. The van der Waals surface area contributed by atoms with Gasteiger partial charge < -0.3 is 4.90 Å². The maximum absolute atomic E-state index is 13.3. The van der Waals surface area contributed by atoms with Crippen LogP contribution in [0.1, 0.15) is 23.6 Å². The van der Waals surface area contributed by atoms with Gasteiger partial charge in [0.05, 0.1) is 11.8 Å². The van der Waals surface area contributed by atoms with Crippen molar-refractivity contribution in [3.63, 3.8) is 0 Å². The van der Waals surface area contributed by atoms with Gasteiger partial charge in [-0.25, -0.2) is 0 Å². The number of thioether (sulfide) groups is 1. The molecule has 0 spiro atoms. The molecule has 2 aromatic carbocycles. The van der Waals surface area contributed by atoms with Crippen molar-refractivity contribution in [2.24, 2.45) is 0 Å². The number of carbonyl (C=O) groups is 1. The first-order valence-corrected chi connectivity index (χ1v) is 12.0. The zero-order chi connectivity index (χ0) is 22.6. The second kappa shape index (κ2) is 9.58. The van der Waals surface area contributed by atoms with Crippen molar-refractivity contribution >= 4 is 17.7 Å². The van der Waals surface area contributed by atoms with Gasteiger partial charge in [0.1, 0.15) is 0 Å². The summed E-state index contributed by atoms with van der Waals surface area (Å²) >= 11 is 1.47. The number of carbonyl (C=O) groups excluding carboxylic acids is 1. The van der Waals surface area contributed by atoms with Crippen LogP contribution in [0.2, 0.25) is 0 Å². The van der Waals surface area contributed by atoms with E-state index in [1.807, 2.05) is 48.2 Å². The first kappa shape index (κ1) is 21.4. The summed E-state index contributed by atoms with van der Waals surface area (Å²) in [5, 5.41) is 9.40. The maximum Gasteiger partial charge on any atom is 0.236 e. The summed E-state index contributed by atoms with van der Waals surface area (Å²) in [6.45, 7) is 3.99. The summed E-state index contributed by atoms with van der Waals surface area (Å²) in [5.41, 5.74) is 4.63. The Balaban J connectivity index is 1.38. The molecule has 0 saturated heterocycles. The molecular formula is C26H25N5OS. The highest BCUT2D eigenvalue weighted by Crippen LogP contribution is 2.29. The first-order valence-electron chi connectivity index (χ1n) is 11.1. The van der Waals surface area contributed by atoms with E-state index in [0.717, 1.165) is 35.1 Å². The average Bonchev–Trinajstić information content (AvgIpc) is 3.26. The molecule has 7 heteroatoms. The van der Waals surface area contributed by atoms with Crippen LogP contribution in [-0.4, -0.2) is 42.4 Å². The van der Waals surface area contributed by atoms with Crippen LogP contribution in [0.15, 0.2) is 84.3 Å². The van der Waals surface area contributed by atoms with Gasteiger partial charge >= 0.3 is 0 Å². The molecular weight excluding hydrogens is 430 g/mol. The zero-order valence-corrected chi connectivity index (χ0v) is 19.3. The van der Waals surface area contributed by atoms with Gasteiger partial charge in [0.2, 0.25) is 5.91 Å². The van der Waals surface area contributed by atoms with Crippen LogP contribution in [0.5, 0.6) is 0 Å². The molecule has 1 aliphatic rings. The molecule has 3 heterocycles. The molecule has 0 N–H and O–H groups in total. The smallest absolute Gasteiger partial charge is 0.236 e. The summed E-state index contributed by atoms with van der Waals surface area (Å²) < 4.78 is 2.08. The lowest BCUT2D eigenvalue weighted by Gasteiger charge is -2.30. The van der Waals surface area contributed by atoms with Crippen LogP contribution in [0, 0.1) is 0 Å². The summed E-state index contributed by atoms with van der Waals surface area (Å²) in [4.78, 5) is 19.5. The fourth-order valence-corrected chi connectivity index (χ4v) is 5.07. The molecule has 33 heavy (non-hydrogen) atoms. The SMILES string of the molecule is CC(Sc1nnc(-c2cccnc2)n1Cc1ccccc1)C(=O)N1CCc2ccccc2C1. The van der Waals surface area contributed by atoms with Crippen LogP contribution in [-0.2, 0) is 24.3 Å². The van der Waals surface area contributed by atoms with E-state index in [4.69, 9.17) is 0 Å². The number of hydrogen-bond acceptors (Lipinski definition) is 5. The molecule has 1 aliphatic heterocycles. The second-order valence-corrected chi connectivity index (χ2v) is 9.47. The molecule has 0 fully saturated rings. The third-order valence-corrected chi connectivity index (χ3v) is 6.96. The lowest BCUT2D eigenvalue weighted by molar-refractivity contribution is -0.131. The summed E-state index contributed by atoms with van der Waals surface area (Å²) in [7, 11) is 0. The largest absolute Gasteiger partial charge is 0.337 e. The molecule has 0 aliphatic carbocycles. The van der Waals surface area contributed by atoms with Gasteiger partial charge in [0, 0.05) is 31.0 Å². The Hall–Kier alpha value is -3.45. The standard InChI is InChI=1S/C26H25N5OS/c1-19(25(32)30-15-13-21-10-5-6-11-23(21)18-30)33-26-29-28-24(22-12-7-14-27-16-22)31(26)17-20-8-3-2-4-9-20/h2-12,14,16,19H,13,15,17-18H2,1H3. The Morgan fingerprint density at radius 2 is 1.79 bits per heavy atom. The topological polar surface area (TPSA) is 63.9 Å². The van der Waals surface area contributed by atoms with Gasteiger partial charge in [-0.05, 0) is 42.2 Å². The molecule has 6 nitrogen and oxygen atoms in total. The summed E-state index contributed by atoms with van der Waals surface area (Å²) in [6.07, 6.45) is 4.43. The predicted molar refractivity (Wildman–Crippen MR) is 130 cm³/mol. The highest BCUT2D eigenvalue weighted by atomic mass is 32.2. The van der Waals surface area contributed by atoms with Crippen molar-refractivity contribution in [1.82, 2.24) is 24.6 Å². The molecule has 5 rings (SSSR count). The first-order chi connectivity index (χ1) is 16.2. The Labute approximate surface area is 197 Å². The van der Waals surface area contributed by atoms with Crippen molar-refractivity contribution in [3.05, 3.63) is 95.8 Å². The van der Waals surface area contributed by atoms with E-state index < -0.39 is 0 Å². The number of fused-ring (bicyclic) bond motifs is 1. The molecule has 0 radical (unpaired) electrons. The van der Waals surface area contributed by atoms with Crippen LogP contribution < -0.4 is 0 Å². The molecule has 4 aromatic rings. The molecule has 1 unspecified atom stereocenters. The zero-order valence-electron chi connectivity index (χ0n) is 18.5. The third kappa shape index (κ3) is 4.68. The van der Waals surface area contributed by atoms with Gasteiger partial charge in [0.15, 0.2) is 11.0 Å². The van der Waals surface area contributed by atoms with Gasteiger partial charge in [-0.3, -0.25) is 14.3 Å². The van der Waals surface area contributed by atoms with Crippen LogP contribution >= 0.6 is 11.8 Å². The summed E-state index contributed by atoms with van der Waals surface area (Å²) in [5.74, 6) is 0.882. The number of nitrogens with zero attached hydrogens (tertiary/aromatic N) is 5. The molecule has 1 amide bonds. The Bertz CT molecular complexity index is 1240. The molecule has 1 atom stereocenters. The highest BCUT2D eigenvalue weighted by molar-refractivity contribution is 8.00. The number of aromatic nitrogens is 4. The fraction of sp³-hybridized carbons (Fsp3) is 0.231. The molecule has 2 aromatic heterocycles. The highest BCUT2D eigenvalue weighted by Gasteiger charge is 2.27. The van der Waals surface area contributed by atoms with E-state index >= 15 is 0 Å². The minimum absolute atomic E-state index is 0.131. The van der Waals surface area contributed by atoms with Crippen molar-refractivity contribution in [1.29, 1.82) is 0 Å². The Morgan fingerprint density at radius 1 is 1.00 bits per heavy atom. The Morgan fingerprint density at radius 3 is 2.58 bits per heavy atom. The van der Waals surface area contributed by atoms with Gasteiger partial charge in [-0.15, -0.1) is 10.2 Å². The number of benzene rings is 2. The predicted octanol–water partition coefficient (Wildman–Crippen LogP) is 4.45. The molecule has 0 saturated carbocycles. The maximum atomic E-state index is 13.3. The van der Waals surface area contributed by atoms with E-state index in [1.54, 1.807) is 12.4 Å². The lowest BCUT2D eigenvalue weighted by Crippen LogP contribution is -2.40. The van der Waals surface area contributed by atoms with E-state index in [2.05, 4.69) is 50.1 Å². The normalized spacial score (nSPS) is 14.0.